The van der Waals surface area contributed by atoms with Gasteiger partial charge in [-0.25, -0.2) is 17.5 Å². The van der Waals surface area contributed by atoms with Gasteiger partial charge in [0.05, 0.1) is 16.9 Å². The van der Waals surface area contributed by atoms with E-state index >= 15 is 0 Å². The highest BCUT2D eigenvalue weighted by molar-refractivity contribution is 7.89. The maximum Gasteiger partial charge on any atom is 0.419 e. The summed E-state index contributed by atoms with van der Waals surface area (Å²) in [5, 5.41) is 2.04. The van der Waals surface area contributed by atoms with Crippen LogP contribution in [0.1, 0.15) is 15.9 Å². The van der Waals surface area contributed by atoms with Crippen LogP contribution < -0.4 is 10.0 Å². The topological polar surface area (TPSA) is 75.3 Å². The molecule has 1 aromatic carbocycles. The summed E-state index contributed by atoms with van der Waals surface area (Å²) in [6.07, 6.45) is -4.92. The molecule has 0 aliphatic rings. The smallest absolute Gasteiger partial charge is 0.351 e. The molecule has 0 unspecified atom stereocenters. The van der Waals surface area contributed by atoms with Gasteiger partial charge in [-0.1, -0.05) is 6.07 Å². The average molecular weight is 328 g/mol. The third-order valence-corrected chi connectivity index (χ3v) is 3.88. The van der Waals surface area contributed by atoms with Crippen LogP contribution in [0, 0.1) is 5.82 Å². The second-order valence-corrected chi connectivity index (χ2v) is 5.99. The third-order valence-electron chi connectivity index (χ3n) is 2.52. The number of sulfonamides is 1. The molecule has 0 aliphatic carbocycles. The second-order valence-electron chi connectivity index (χ2n) is 3.94. The Morgan fingerprint density at radius 3 is 2.43 bits per heavy atom. The zero-order valence-electron chi connectivity index (χ0n) is 10.8. The van der Waals surface area contributed by atoms with Crippen LogP contribution in [0.25, 0.3) is 0 Å². The average Bonchev–Trinajstić information content (AvgIpc) is 2.37. The zero-order chi connectivity index (χ0) is 16.3. The van der Waals surface area contributed by atoms with Crippen LogP contribution in [0.5, 0.6) is 0 Å². The predicted octanol–water partition coefficient (Wildman–Crippen LogP) is 1.12. The summed E-state index contributed by atoms with van der Waals surface area (Å²) in [6.45, 7) is -0.363. The van der Waals surface area contributed by atoms with Crippen LogP contribution in [0.15, 0.2) is 18.2 Å². The van der Waals surface area contributed by atoms with E-state index in [1.54, 1.807) is 0 Å². The Hall–Kier alpha value is -1.68. The molecule has 0 atom stereocenters. The summed E-state index contributed by atoms with van der Waals surface area (Å²) >= 11 is 0. The summed E-state index contributed by atoms with van der Waals surface area (Å²) in [7, 11) is -2.41. The van der Waals surface area contributed by atoms with Crippen LogP contribution in [0.4, 0.5) is 17.6 Å². The van der Waals surface area contributed by atoms with Gasteiger partial charge >= 0.3 is 6.18 Å². The van der Waals surface area contributed by atoms with E-state index in [9.17, 15) is 30.8 Å². The molecule has 118 valence electrons. The summed E-state index contributed by atoms with van der Waals surface area (Å²) in [5.74, 6) is -3.29. The predicted molar refractivity (Wildman–Crippen MR) is 66.6 cm³/mol. The Kier molecular flexibility index (Phi) is 5.29. The van der Waals surface area contributed by atoms with Crippen molar-refractivity contribution in [1.82, 2.24) is 10.0 Å². The molecule has 0 spiro atoms. The molecule has 0 saturated heterocycles. The lowest BCUT2D eigenvalue weighted by Gasteiger charge is -2.11. The highest BCUT2D eigenvalue weighted by Gasteiger charge is 2.35. The van der Waals surface area contributed by atoms with E-state index < -0.39 is 44.8 Å². The Balaban J connectivity index is 2.85. The summed E-state index contributed by atoms with van der Waals surface area (Å²) < 4.78 is 75.3. The molecular weight excluding hydrogens is 316 g/mol. The molecule has 5 nitrogen and oxygen atoms in total. The molecule has 0 radical (unpaired) electrons. The zero-order valence-corrected chi connectivity index (χ0v) is 11.6. The van der Waals surface area contributed by atoms with Crippen molar-refractivity contribution in [3.63, 3.8) is 0 Å². The van der Waals surface area contributed by atoms with Crippen molar-refractivity contribution in [3.05, 3.63) is 35.1 Å². The molecule has 1 aromatic rings. The van der Waals surface area contributed by atoms with E-state index in [1.807, 2.05) is 10.0 Å². The molecular formula is C11H12F4N2O3S. The van der Waals surface area contributed by atoms with Crippen molar-refractivity contribution in [2.45, 2.75) is 6.18 Å². The maximum absolute atomic E-state index is 13.6. The monoisotopic (exact) mass is 328 g/mol. The lowest BCUT2D eigenvalue weighted by Crippen LogP contribution is -2.33. The van der Waals surface area contributed by atoms with Crippen LogP contribution in [0.2, 0.25) is 0 Å². The maximum atomic E-state index is 13.6. The second kappa shape index (κ2) is 6.39. The SMILES string of the molecule is CNS(=O)(=O)CCNC(=O)c1cccc(C(F)(F)F)c1F. The van der Waals surface area contributed by atoms with Crippen molar-refractivity contribution in [2.24, 2.45) is 0 Å². The fourth-order valence-electron chi connectivity index (χ4n) is 1.42. The van der Waals surface area contributed by atoms with Gasteiger partial charge in [-0.05, 0) is 19.2 Å². The van der Waals surface area contributed by atoms with Crippen molar-refractivity contribution in [1.29, 1.82) is 0 Å². The van der Waals surface area contributed by atoms with Crippen LogP contribution in [0.3, 0.4) is 0 Å². The molecule has 0 aromatic heterocycles. The number of benzene rings is 1. The fraction of sp³-hybridized carbons (Fsp3) is 0.364. The van der Waals surface area contributed by atoms with E-state index in [-0.39, 0.29) is 6.54 Å². The number of hydrogen-bond donors (Lipinski definition) is 2. The Morgan fingerprint density at radius 1 is 1.29 bits per heavy atom. The van der Waals surface area contributed by atoms with Crippen molar-refractivity contribution >= 4 is 15.9 Å². The van der Waals surface area contributed by atoms with Crippen LogP contribution >= 0.6 is 0 Å². The van der Waals surface area contributed by atoms with Gasteiger partial charge < -0.3 is 5.32 Å². The molecule has 2 N–H and O–H groups in total. The first-order chi connectivity index (χ1) is 9.58. The lowest BCUT2D eigenvalue weighted by atomic mass is 10.1. The number of halogens is 4. The van der Waals surface area contributed by atoms with E-state index in [0.29, 0.717) is 6.07 Å². The minimum atomic E-state index is -4.92. The first-order valence-electron chi connectivity index (χ1n) is 5.63. The number of alkyl halides is 3. The van der Waals surface area contributed by atoms with Gasteiger partial charge in [-0.15, -0.1) is 0 Å². The largest absolute Gasteiger partial charge is 0.419 e. The Labute approximate surface area is 118 Å². The first kappa shape index (κ1) is 17.4. The number of nitrogens with one attached hydrogen (secondary N) is 2. The number of hydrogen-bond acceptors (Lipinski definition) is 3. The van der Waals surface area contributed by atoms with E-state index in [2.05, 4.69) is 0 Å². The molecule has 0 fully saturated rings. The molecule has 1 amide bonds. The number of carbonyl (C=O) groups excluding carboxylic acids is 1. The van der Waals surface area contributed by atoms with E-state index in [4.69, 9.17) is 0 Å². The normalized spacial score (nSPS) is 12.2. The molecule has 0 heterocycles. The third kappa shape index (κ3) is 4.67. The molecule has 1 rings (SSSR count). The van der Waals surface area contributed by atoms with Gasteiger partial charge in [0.1, 0.15) is 5.82 Å². The lowest BCUT2D eigenvalue weighted by molar-refractivity contribution is -0.140. The molecule has 0 aliphatic heterocycles. The highest BCUT2D eigenvalue weighted by Crippen LogP contribution is 2.32. The number of rotatable bonds is 5. The van der Waals surface area contributed by atoms with Crippen molar-refractivity contribution in [2.75, 3.05) is 19.3 Å². The van der Waals surface area contributed by atoms with Gasteiger partial charge in [-0.2, -0.15) is 13.2 Å². The minimum Gasteiger partial charge on any atom is -0.351 e. The fourth-order valence-corrected chi connectivity index (χ4v) is 2.00. The van der Waals surface area contributed by atoms with Gasteiger partial charge in [0.2, 0.25) is 10.0 Å². The molecule has 10 heteroatoms. The van der Waals surface area contributed by atoms with Crippen molar-refractivity contribution in [3.8, 4) is 0 Å². The van der Waals surface area contributed by atoms with E-state index in [0.717, 1.165) is 12.1 Å². The number of carbonyl (C=O) groups is 1. The first-order valence-corrected chi connectivity index (χ1v) is 7.29. The standard InChI is InChI=1S/C11H12F4N2O3S/c1-16-21(19,20)6-5-17-10(18)7-3-2-4-8(9(7)12)11(13,14)15/h2-4,16H,5-6H2,1H3,(H,17,18). The summed E-state index contributed by atoms with van der Waals surface area (Å²) in [4.78, 5) is 11.6. The number of amides is 1. The molecule has 0 bridgehead atoms. The Bertz CT molecular complexity index is 629. The van der Waals surface area contributed by atoms with Gasteiger partial charge in [0, 0.05) is 6.54 Å². The molecule has 0 saturated carbocycles. The van der Waals surface area contributed by atoms with Crippen LogP contribution in [-0.2, 0) is 16.2 Å². The quantitative estimate of drug-likeness (QED) is 0.796. The van der Waals surface area contributed by atoms with Crippen molar-refractivity contribution < 1.29 is 30.8 Å². The van der Waals surface area contributed by atoms with Crippen LogP contribution in [-0.4, -0.2) is 33.7 Å². The van der Waals surface area contributed by atoms with E-state index in [1.165, 1.54) is 7.05 Å². The summed E-state index contributed by atoms with van der Waals surface area (Å²) in [5.41, 5.74) is -2.36. The van der Waals surface area contributed by atoms with Gasteiger partial charge in [0.15, 0.2) is 0 Å². The Morgan fingerprint density at radius 2 is 1.90 bits per heavy atom. The highest BCUT2D eigenvalue weighted by atomic mass is 32.2. The minimum absolute atomic E-state index is 0.363. The van der Waals surface area contributed by atoms with Gasteiger partial charge in [0.25, 0.3) is 5.91 Å². The molecule has 21 heavy (non-hydrogen) atoms. The van der Waals surface area contributed by atoms with Gasteiger partial charge in [-0.3, -0.25) is 4.79 Å². The summed E-state index contributed by atoms with van der Waals surface area (Å²) in [6, 6.07) is 2.29.